The first-order valence-corrected chi connectivity index (χ1v) is 9.46. The molecule has 108 valence electrons. The molecule has 3 heteroatoms. The Morgan fingerprint density at radius 2 is 2.05 bits per heavy atom. The zero-order valence-corrected chi connectivity index (χ0v) is 13.7. The van der Waals surface area contributed by atoms with Crippen LogP contribution < -0.4 is 5.32 Å². The van der Waals surface area contributed by atoms with E-state index in [1.807, 2.05) is 22.7 Å². The molecule has 1 N–H and O–H groups in total. The van der Waals surface area contributed by atoms with Gasteiger partial charge in [-0.15, -0.1) is 22.7 Å². The van der Waals surface area contributed by atoms with Gasteiger partial charge in [-0.25, -0.2) is 0 Å². The van der Waals surface area contributed by atoms with Crippen LogP contribution in [0.2, 0.25) is 0 Å². The van der Waals surface area contributed by atoms with Crippen LogP contribution in [0.3, 0.4) is 0 Å². The zero-order chi connectivity index (χ0) is 13.8. The highest BCUT2D eigenvalue weighted by Gasteiger charge is 2.26. The van der Waals surface area contributed by atoms with Gasteiger partial charge in [0.15, 0.2) is 0 Å². The molecule has 0 aliphatic heterocycles. The average molecular weight is 306 g/mol. The van der Waals surface area contributed by atoms with Gasteiger partial charge in [0.05, 0.1) is 0 Å². The fourth-order valence-corrected chi connectivity index (χ4v) is 5.12. The molecule has 1 fully saturated rings. The quantitative estimate of drug-likeness (QED) is 0.754. The summed E-state index contributed by atoms with van der Waals surface area (Å²) in [5, 5.41) is 8.30. The summed E-state index contributed by atoms with van der Waals surface area (Å²) in [7, 11) is 0. The minimum atomic E-state index is 0.560. The van der Waals surface area contributed by atoms with Crippen LogP contribution >= 0.6 is 22.7 Å². The second-order valence-electron chi connectivity index (χ2n) is 5.64. The molecular formula is C17H23NS2. The number of thiophene rings is 2. The lowest BCUT2D eigenvalue weighted by molar-refractivity contribution is 0.371. The summed E-state index contributed by atoms with van der Waals surface area (Å²) in [5.74, 6) is 0.832. The van der Waals surface area contributed by atoms with Crippen molar-refractivity contribution in [2.75, 3.05) is 0 Å². The predicted octanol–water partition coefficient (Wildman–Crippen LogP) is 5.39. The van der Waals surface area contributed by atoms with Gasteiger partial charge in [0.1, 0.15) is 0 Å². The molecule has 0 saturated heterocycles. The largest absolute Gasteiger partial charge is 0.304 e. The summed E-state index contributed by atoms with van der Waals surface area (Å²) in [5.41, 5.74) is 1.51. The highest BCUT2D eigenvalue weighted by Crippen LogP contribution is 2.37. The van der Waals surface area contributed by atoms with Crippen molar-refractivity contribution in [1.29, 1.82) is 0 Å². The van der Waals surface area contributed by atoms with Crippen LogP contribution in [0.1, 0.15) is 54.0 Å². The molecule has 0 aromatic carbocycles. The maximum atomic E-state index is 3.86. The third-order valence-electron chi connectivity index (χ3n) is 4.42. The first-order valence-electron chi connectivity index (χ1n) is 7.70. The molecule has 1 saturated carbocycles. The lowest BCUT2D eigenvalue weighted by Crippen LogP contribution is -2.26. The van der Waals surface area contributed by atoms with Crippen LogP contribution in [0.25, 0.3) is 0 Å². The number of nitrogens with one attached hydrogen (secondary N) is 1. The molecule has 20 heavy (non-hydrogen) atoms. The maximum absolute atomic E-state index is 3.86. The van der Waals surface area contributed by atoms with E-state index in [-0.39, 0.29) is 0 Å². The van der Waals surface area contributed by atoms with Crippen LogP contribution in [0.4, 0.5) is 0 Å². The van der Waals surface area contributed by atoms with Crippen LogP contribution in [0, 0.1) is 5.92 Å². The second kappa shape index (κ2) is 6.88. The Bertz CT molecular complexity index is 509. The molecule has 1 nitrogen and oxygen atoms in total. The van der Waals surface area contributed by atoms with Gasteiger partial charge in [0.25, 0.3) is 0 Å². The van der Waals surface area contributed by atoms with Gasteiger partial charge in [-0.2, -0.15) is 0 Å². The molecular weight excluding hydrogens is 282 g/mol. The Morgan fingerprint density at radius 1 is 1.20 bits per heavy atom. The van der Waals surface area contributed by atoms with Crippen LogP contribution in [0.15, 0.2) is 29.0 Å². The van der Waals surface area contributed by atoms with Gasteiger partial charge >= 0.3 is 0 Å². The maximum Gasteiger partial charge on any atom is 0.0446 e. The third kappa shape index (κ3) is 3.16. The summed E-state index contributed by atoms with van der Waals surface area (Å²) in [6, 6.07) is 7.32. The van der Waals surface area contributed by atoms with E-state index in [4.69, 9.17) is 0 Å². The van der Waals surface area contributed by atoms with E-state index in [1.54, 1.807) is 0 Å². The average Bonchev–Trinajstić information content (AvgIpc) is 3.22. The van der Waals surface area contributed by atoms with Crippen molar-refractivity contribution in [3.05, 3.63) is 44.3 Å². The van der Waals surface area contributed by atoms with Gasteiger partial charge in [0, 0.05) is 22.3 Å². The highest BCUT2D eigenvalue weighted by atomic mass is 32.1. The van der Waals surface area contributed by atoms with Crippen molar-refractivity contribution in [3.8, 4) is 0 Å². The molecule has 3 rings (SSSR count). The fourth-order valence-electron chi connectivity index (χ4n) is 3.30. The third-order valence-corrected chi connectivity index (χ3v) is 6.34. The molecule has 2 aromatic heterocycles. The van der Waals surface area contributed by atoms with Crippen molar-refractivity contribution in [2.45, 2.75) is 51.6 Å². The summed E-state index contributed by atoms with van der Waals surface area (Å²) >= 11 is 3.80. The molecule has 0 radical (unpaired) electrons. The Kier molecular flexibility index (Phi) is 4.92. The van der Waals surface area contributed by atoms with E-state index >= 15 is 0 Å². The monoisotopic (exact) mass is 305 g/mol. The van der Waals surface area contributed by atoms with Crippen LogP contribution in [-0.2, 0) is 13.0 Å². The topological polar surface area (TPSA) is 12.0 Å². The van der Waals surface area contributed by atoms with Crippen LogP contribution in [0.5, 0.6) is 0 Å². The molecule has 2 heterocycles. The van der Waals surface area contributed by atoms with Gasteiger partial charge in [-0.1, -0.05) is 25.8 Å². The summed E-state index contributed by atoms with van der Waals surface area (Å²) in [6.45, 7) is 3.28. The standard InChI is InChI=1S/C17H23NS2/c1-2-13-9-11-20-16(13)12-18-17(14-6-3-4-7-14)15-8-5-10-19-15/h5,8-11,14,17-18H,2-4,6-7,12H2,1H3. The van der Waals surface area contributed by atoms with Crippen molar-refractivity contribution in [2.24, 2.45) is 5.92 Å². The smallest absolute Gasteiger partial charge is 0.0446 e. The Labute approximate surface area is 130 Å². The fraction of sp³-hybridized carbons (Fsp3) is 0.529. The second-order valence-corrected chi connectivity index (χ2v) is 7.62. The molecule has 1 atom stereocenters. The van der Waals surface area contributed by atoms with E-state index in [0.29, 0.717) is 6.04 Å². The van der Waals surface area contributed by atoms with Gasteiger partial charge in [-0.3, -0.25) is 0 Å². The van der Waals surface area contributed by atoms with Crippen molar-refractivity contribution >= 4 is 22.7 Å². The molecule has 0 amide bonds. The van der Waals surface area contributed by atoms with Crippen LogP contribution in [-0.4, -0.2) is 0 Å². The number of rotatable bonds is 6. The van der Waals surface area contributed by atoms with Crippen molar-refractivity contribution < 1.29 is 0 Å². The first kappa shape index (κ1) is 14.3. The molecule has 0 spiro atoms. The summed E-state index contributed by atoms with van der Waals surface area (Å²) in [4.78, 5) is 3.04. The number of aryl methyl sites for hydroxylation is 1. The minimum absolute atomic E-state index is 0.560. The zero-order valence-electron chi connectivity index (χ0n) is 12.1. The van der Waals surface area contributed by atoms with Gasteiger partial charge in [0.2, 0.25) is 0 Å². The van der Waals surface area contributed by atoms with E-state index in [2.05, 4.69) is 41.2 Å². The predicted molar refractivity (Wildman–Crippen MR) is 89.6 cm³/mol. The lowest BCUT2D eigenvalue weighted by atomic mass is 9.96. The number of hydrogen-bond acceptors (Lipinski definition) is 3. The van der Waals surface area contributed by atoms with Gasteiger partial charge in [-0.05, 0) is 53.6 Å². The van der Waals surface area contributed by atoms with E-state index in [1.165, 1.54) is 41.0 Å². The molecule has 0 bridgehead atoms. The Hall–Kier alpha value is -0.640. The van der Waals surface area contributed by atoms with Crippen molar-refractivity contribution in [1.82, 2.24) is 5.32 Å². The number of hydrogen-bond donors (Lipinski definition) is 1. The summed E-state index contributed by atoms with van der Waals surface area (Å²) in [6.07, 6.45) is 6.75. The normalized spacial score (nSPS) is 17.6. The van der Waals surface area contributed by atoms with E-state index < -0.39 is 0 Å². The van der Waals surface area contributed by atoms with E-state index in [0.717, 1.165) is 18.9 Å². The summed E-state index contributed by atoms with van der Waals surface area (Å²) < 4.78 is 0. The molecule has 1 unspecified atom stereocenters. The molecule has 2 aromatic rings. The van der Waals surface area contributed by atoms with Gasteiger partial charge < -0.3 is 5.32 Å². The SMILES string of the molecule is CCc1ccsc1CNC(c1cccs1)C1CCCC1. The highest BCUT2D eigenvalue weighted by molar-refractivity contribution is 7.10. The molecule has 1 aliphatic rings. The lowest BCUT2D eigenvalue weighted by Gasteiger charge is -2.24. The molecule has 1 aliphatic carbocycles. The Morgan fingerprint density at radius 3 is 2.75 bits per heavy atom. The first-order chi connectivity index (χ1) is 9.88. The Balaban J connectivity index is 1.70. The van der Waals surface area contributed by atoms with Crippen molar-refractivity contribution in [3.63, 3.8) is 0 Å². The van der Waals surface area contributed by atoms with E-state index in [9.17, 15) is 0 Å². The minimum Gasteiger partial charge on any atom is -0.304 e.